The molecule has 0 aliphatic rings. The third-order valence-corrected chi connectivity index (χ3v) is 2.07. The predicted molar refractivity (Wildman–Crippen MR) is 64.4 cm³/mol. The van der Waals surface area contributed by atoms with E-state index in [-0.39, 0.29) is 0 Å². The number of hydrogen-bond acceptors (Lipinski definition) is 4. The fourth-order valence-electron chi connectivity index (χ4n) is 1.20. The number of nitrogens with zero attached hydrogens (tertiary/aromatic N) is 2. The fourth-order valence-corrected chi connectivity index (χ4v) is 1.20. The second kappa shape index (κ2) is 5.53. The molecule has 2 N–H and O–H groups in total. The third kappa shape index (κ3) is 3.38. The standard InChI is InChI=1S/C11H20N4/c1-5-6-13-10-7-9(12-4)14-11(15-10)8(2)3/h7-8H,5-6H2,1-4H3,(H2,12,13,14,15). The van der Waals surface area contributed by atoms with E-state index in [1.807, 2.05) is 13.1 Å². The summed E-state index contributed by atoms with van der Waals surface area (Å²) in [6.45, 7) is 7.27. The van der Waals surface area contributed by atoms with E-state index in [1.54, 1.807) is 0 Å². The molecule has 4 heteroatoms. The van der Waals surface area contributed by atoms with Crippen LogP contribution < -0.4 is 10.6 Å². The molecule has 0 aromatic carbocycles. The monoisotopic (exact) mass is 208 g/mol. The van der Waals surface area contributed by atoms with Crippen molar-refractivity contribution in [1.29, 1.82) is 0 Å². The molecule has 0 saturated carbocycles. The van der Waals surface area contributed by atoms with Crippen molar-refractivity contribution in [3.63, 3.8) is 0 Å². The molecule has 1 heterocycles. The Morgan fingerprint density at radius 2 is 1.93 bits per heavy atom. The van der Waals surface area contributed by atoms with Gasteiger partial charge in [0.1, 0.15) is 17.5 Å². The van der Waals surface area contributed by atoms with Gasteiger partial charge in [-0.25, -0.2) is 9.97 Å². The average Bonchev–Trinajstić information content (AvgIpc) is 2.25. The van der Waals surface area contributed by atoms with E-state index in [0.717, 1.165) is 30.4 Å². The first-order valence-corrected chi connectivity index (χ1v) is 5.48. The van der Waals surface area contributed by atoms with Gasteiger partial charge in [0.05, 0.1) is 0 Å². The first kappa shape index (κ1) is 11.8. The normalized spacial score (nSPS) is 10.5. The molecule has 0 unspecified atom stereocenters. The first-order valence-electron chi connectivity index (χ1n) is 5.48. The molecule has 0 atom stereocenters. The molecule has 84 valence electrons. The minimum Gasteiger partial charge on any atom is -0.373 e. The Morgan fingerprint density at radius 3 is 2.47 bits per heavy atom. The highest BCUT2D eigenvalue weighted by Crippen LogP contribution is 2.16. The van der Waals surface area contributed by atoms with E-state index in [1.165, 1.54) is 0 Å². The van der Waals surface area contributed by atoms with Crippen LogP contribution in [-0.4, -0.2) is 23.6 Å². The maximum absolute atomic E-state index is 4.46. The van der Waals surface area contributed by atoms with Crippen LogP contribution in [0.15, 0.2) is 6.07 Å². The van der Waals surface area contributed by atoms with Gasteiger partial charge in [-0.05, 0) is 6.42 Å². The zero-order valence-corrected chi connectivity index (χ0v) is 9.96. The highest BCUT2D eigenvalue weighted by molar-refractivity contribution is 5.47. The molecule has 0 amide bonds. The van der Waals surface area contributed by atoms with Crippen molar-refractivity contribution < 1.29 is 0 Å². The molecule has 1 aromatic heterocycles. The van der Waals surface area contributed by atoms with Crippen molar-refractivity contribution >= 4 is 11.6 Å². The van der Waals surface area contributed by atoms with Crippen molar-refractivity contribution in [2.45, 2.75) is 33.1 Å². The third-order valence-electron chi connectivity index (χ3n) is 2.07. The van der Waals surface area contributed by atoms with Gasteiger partial charge in [-0.1, -0.05) is 20.8 Å². The molecule has 4 nitrogen and oxygen atoms in total. The van der Waals surface area contributed by atoms with E-state index >= 15 is 0 Å². The molecular weight excluding hydrogens is 188 g/mol. The number of nitrogens with one attached hydrogen (secondary N) is 2. The highest BCUT2D eigenvalue weighted by Gasteiger charge is 2.06. The SMILES string of the molecule is CCCNc1cc(NC)nc(C(C)C)n1. The van der Waals surface area contributed by atoms with Gasteiger partial charge in [-0.15, -0.1) is 0 Å². The van der Waals surface area contributed by atoms with Crippen LogP contribution in [0, 0.1) is 0 Å². The summed E-state index contributed by atoms with van der Waals surface area (Å²) in [5, 5.41) is 6.32. The molecule has 0 spiro atoms. The van der Waals surface area contributed by atoms with Gasteiger partial charge in [0, 0.05) is 25.6 Å². The minimum atomic E-state index is 0.348. The first-order chi connectivity index (χ1) is 7.17. The smallest absolute Gasteiger partial charge is 0.135 e. The van der Waals surface area contributed by atoms with E-state index in [4.69, 9.17) is 0 Å². The van der Waals surface area contributed by atoms with Crippen LogP contribution >= 0.6 is 0 Å². The maximum atomic E-state index is 4.46. The summed E-state index contributed by atoms with van der Waals surface area (Å²) in [6, 6.07) is 1.93. The molecule has 0 radical (unpaired) electrons. The Balaban J connectivity index is 2.90. The molecular formula is C11H20N4. The Labute approximate surface area is 91.5 Å². The average molecular weight is 208 g/mol. The van der Waals surface area contributed by atoms with Crippen LogP contribution in [0.4, 0.5) is 11.6 Å². The fraction of sp³-hybridized carbons (Fsp3) is 0.636. The second-order valence-electron chi connectivity index (χ2n) is 3.83. The second-order valence-corrected chi connectivity index (χ2v) is 3.83. The van der Waals surface area contributed by atoms with Crippen molar-refractivity contribution in [3.8, 4) is 0 Å². The number of aromatic nitrogens is 2. The molecule has 1 aromatic rings. The lowest BCUT2D eigenvalue weighted by Gasteiger charge is -2.10. The van der Waals surface area contributed by atoms with Gasteiger partial charge < -0.3 is 10.6 Å². The minimum absolute atomic E-state index is 0.348. The molecule has 0 bridgehead atoms. The summed E-state index contributed by atoms with van der Waals surface area (Å²) in [5.41, 5.74) is 0. The topological polar surface area (TPSA) is 49.8 Å². The Kier molecular flexibility index (Phi) is 4.34. The van der Waals surface area contributed by atoms with Crippen LogP contribution in [0.2, 0.25) is 0 Å². The van der Waals surface area contributed by atoms with Crippen LogP contribution in [0.25, 0.3) is 0 Å². The lowest BCUT2D eigenvalue weighted by molar-refractivity contribution is 0.775. The Hall–Kier alpha value is -1.32. The van der Waals surface area contributed by atoms with E-state index in [2.05, 4.69) is 41.4 Å². The number of rotatable bonds is 5. The van der Waals surface area contributed by atoms with Crippen LogP contribution in [0.1, 0.15) is 38.9 Å². The maximum Gasteiger partial charge on any atom is 0.135 e. The van der Waals surface area contributed by atoms with Crippen LogP contribution in [0.3, 0.4) is 0 Å². The van der Waals surface area contributed by atoms with E-state index in [9.17, 15) is 0 Å². The molecule has 0 aliphatic heterocycles. The lowest BCUT2D eigenvalue weighted by Crippen LogP contribution is -2.08. The summed E-state index contributed by atoms with van der Waals surface area (Å²) >= 11 is 0. The summed E-state index contributed by atoms with van der Waals surface area (Å²) in [5.74, 6) is 2.99. The predicted octanol–water partition coefficient (Wildman–Crippen LogP) is 2.46. The van der Waals surface area contributed by atoms with Crippen molar-refractivity contribution in [3.05, 3.63) is 11.9 Å². The van der Waals surface area contributed by atoms with Gasteiger partial charge >= 0.3 is 0 Å². The quantitative estimate of drug-likeness (QED) is 0.780. The van der Waals surface area contributed by atoms with E-state index in [0.29, 0.717) is 5.92 Å². The van der Waals surface area contributed by atoms with Crippen LogP contribution in [-0.2, 0) is 0 Å². The summed E-state index contributed by atoms with van der Waals surface area (Å²) < 4.78 is 0. The largest absolute Gasteiger partial charge is 0.373 e. The van der Waals surface area contributed by atoms with Crippen molar-refractivity contribution in [2.24, 2.45) is 0 Å². The number of hydrogen-bond donors (Lipinski definition) is 2. The zero-order valence-electron chi connectivity index (χ0n) is 9.96. The molecule has 0 saturated heterocycles. The van der Waals surface area contributed by atoms with E-state index < -0.39 is 0 Å². The molecule has 1 rings (SSSR count). The van der Waals surface area contributed by atoms with Crippen molar-refractivity contribution in [1.82, 2.24) is 9.97 Å². The highest BCUT2D eigenvalue weighted by atomic mass is 15.1. The summed E-state index contributed by atoms with van der Waals surface area (Å²) in [6.07, 6.45) is 1.09. The van der Waals surface area contributed by atoms with Gasteiger partial charge in [0.2, 0.25) is 0 Å². The summed E-state index contributed by atoms with van der Waals surface area (Å²) in [4.78, 5) is 8.85. The Morgan fingerprint density at radius 1 is 1.27 bits per heavy atom. The van der Waals surface area contributed by atoms with Gasteiger partial charge in [-0.3, -0.25) is 0 Å². The van der Waals surface area contributed by atoms with Crippen molar-refractivity contribution in [2.75, 3.05) is 24.2 Å². The van der Waals surface area contributed by atoms with Gasteiger partial charge in [0.25, 0.3) is 0 Å². The lowest BCUT2D eigenvalue weighted by atomic mass is 10.2. The zero-order chi connectivity index (χ0) is 11.3. The van der Waals surface area contributed by atoms with Gasteiger partial charge in [-0.2, -0.15) is 0 Å². The van der Waals surface area contributed by atoms with Gasteiger partial charge in [0.15, 0.2) is 0 Å². The summed E-state index contributed by atoms with van der Waals surface area (Å²) in [7, 11) is 1.87. The molecule has 0 aliphatic carbocycles. The molecule has 15 heavy (non-hydrogen) atoms. The molecule has 0 fully saturated rings. The Bertz CT molecular complexity index is 309. The number of anilines is 2. The van der Waals surface area contributed by atoms with Crippen LogP contribution in [0.5, 0.6) is 0 Å².